The zero-order chi connectivity index (χ0) is 13.0. The van der Waals surface area contributed by atoms with Gasteiger partial charge in [0, 0.05) is 5.38 Å². The second-order valence-corrected chi connectivity index (χ2v) is 4.56. The van der Waals surface area contributed by atoms with Crippen molar-refractivity contribution < 1.29 is 14.1 Å². The Labute approximate surface area is 108 Å². The van der Waals surface area contributed by atoms with E-state index in [4.69, 9.17) is 4.52 Å². The quantitative estimate of drug-likeness (QED) is 0.763. The number of esters is 1. The molecule has 2 heterocycles. The van der Waals surface area contributed by atoms with Gasteiger partial charge in [0.2, 0.25) is 0 Å². The van der Waals surface area contributed by atoms with Gasteiger partial charge >= 0.3 is 5.97 Å². The molecule has 96 valence electrons. The Morgan fingerprint density at radius 3 is 3.11 bits per heavy atom. The van der Waals surface area contributed by atoms with Crippen LogP contribution in [0.3, 0.4) is 0 Å². The first-order chi connectivity index (χ1) is 8.69. The van der Waals surface area contributed by atoms with Gasteiger partial charge in [-0.3, -0.25) is 9.69 Å². The van der Waals surface area contributed by atoms with Crippen molar-refractivity contribution in [2.24, 2.45) is 0 Å². The highest BCUT2D eigenvalue weighted by atomic mass is 32.1. The number of hydrogen-bond donors (Lipinski definition) is 0. The normalized spacial score (nSPS) is 10.8. The van der Waals surface area contributed by atoms with Crippen molar-refractivity contribution in [3.05, 3.63) is 22.7 Å². The summed E-state index contributed by atoms with van der Waals surface area (Å²) in [5.74, 6) is 0.749. The fourth-order valence-corrected chi connectivity index (χ4v) is 2.03. The fraction of sp³-hybridized carbons (Fsp3) is 0.364. The Bertz CT molecular complexity index is 509. The second-order valence-electron chi connectivity index (χ2n) is 3.78. The van der Waals surface area contributed by atoms with Crippen molar-refractivity contribution in [3.8, 4) is 11.5 Å². The maximum atomic E-state index is 11.1. The van der Waals surface area contributed by atoms with E-state index in [0.717, 1.165) is 5.56 Å². The lowest BCUT2D eigenvalue weighted by Gasteiger charge is -2.11. The number of rotatable bonds is 5. The lowest BCUT2D eigenvalue weighted by atomic mass is 10.3. The molecule has 0 atom stereocenters. The average molecular weight is 267 g/mol. The lowest BCUT2D eigenvalue weighted by Crippen LogP contribution is -2.26. The van der Waals surface area contributed by atoms with Gasteiger partial charge in [0.1, 0.15) is 0 Å². The van der Waals surface area contributed by atoms with Crippen molar-refractivity contribution in [3.63, 3.8) is 0 Å². The summed E-state index contributed by atoms with van der Waals surface area (Å²) in [5.41, 5.74) is 0.911. The number of aromatic nitrogens is 2. The van der Waals surface area contributed by atoms with E-state index in [1.54, 1.807) is 23.3 Å². The molecule has 18 heavy (non-hydrogen) atoms. The minimum Gasteiger partial charge on any atom is -0.468 e. The van der Waals surface area contributed by atoms with Crippen molar-refractivity contribution >= 4 is 17.3 Å². The zero-order valence-electron chi connectivity index (χ0n) is 10.1. The molecule has 2 rings (SSSR count). The fourth-order valence-electron chi connectivity index (χ4n) is 1.40. The minimum atomic E-state index is -0.293. The van der Waals surface area contributed by atoms with Gasteiger partial charge in [0.15, 0.2) is 5.82 Å². The van der Waals surface area contributed by atoms with Crippen molar-refractivity contribution in [1.29, 1.82) is 0 Å². The molecule has 0 saturated heterocycles. The molecule has 0 unspecified atom stereocenters. The number of methoxy groups -OCH3 is 1. The second kappa shape index (κ2) is 5.74. The summed E-state index contributed by atoms with van der Waals surface area (Å²) in [7, 11) is 3.15. The van der Waals surface area contributed by atoms with Crippen LogP contribution < -0.4 is 0 Å². The van der Waals surface area contributed by atoms with Crippen LogP contribution in [-0.4, -0.2) is 41.7 Å². The smallest absolute Gasteiger partial charge is 0.319 e. The summed E-state index contributed by atoms with van der Waals surface area (Å²) < 4.78 is 9.72. The molecule has 0 aliphatic carbocycles. The number of ether oxygens (including phenoxy) is 1. The van der Waals surface area contributed by atoms with E-state index in [1.165, 1.54) is 7.11 Å². The maximum absolute atomic E-state index is 11.1. The van der Waals surface area contributed by atoms with Gasteiger partial charge in [-0.15, -0.1) is 0 Å². The molecule has 0 aliphatic rings. The standard InChI is InChI=1S/C11H13N3O3S/c1-14(6-10(15)16-2)5-9-12-11(17-13-9)8-3-4-18-7-8/h3-4,7H,5-6H2,1-2H3. The zero-order valence-corrected chi connectivity index (χ0v) is 10.9. The first kappa shape index (κ1) is 12.7. The summed E-state index contributed by atoms with van der Waals surface area (Å²) in [5, 5.41) is 7.76. The van der Waals surface area contributed by atoms with Crippen LogP contribution in [0.15, 0.2) is 21.3 Å². The van der Waals surface area contributed by atoms with E-state index in [1.807, 2.05) is 16.8 Å². The number of carbonyl (C=O) groups is 1. The number of hydrogen-bond acceptors (Lipinski definition) is 7. The van der Waals surface area contributed by atoms with Crippen LogP contribution in [0, 0.1) is 0 Å². The van der Waals surface area contributed by atoms with Crippen molar-refractivity contribution in [1.82, 2.24) is 15.0 Å². The topological polar surface area (TPSA) is 68.5 Å². The third-order valence-electron chi connectivity index (χ3n) is 2.27. The van der Waals surface area contributed by atoms with Crippen molar-refractivity contribution in [2.45, 2.75) is 6.54 Å². The van der Waals surface area contributed by atoms with Crippen LogP contribution in [0.25, 0.3) is 11.5 Å². The molecule has 2 aromatic rings. The molecule has 0 aliphatic heterocycles. The Hall–Kier alpha value is -1.73. The third-order valence-corrected chi connectivity index (χ3v) is 2.96. The van der Waals surface area contributed by atoms with Gasteiger partial charge in [0.25, 0.3) is 5.89 Å². The summed E-state index contributed by atoms with van der Waals surface area (Å²) in [6.07, 6.45) is 0. The Morgan fingerprint density at radius 2 is 2.44 bits per heavy atom. The summed E-state index contributed by atoms with van der Waals surface area (Å²) >= 11 is 1.57. The van der Waals surface area contributed by atoms with Gasteiger partial charge in [0.05, 0.1) is 25.8 Å². The molecule has 0 amide bonds. The highest BCUT2D eigenvalue weighted by Gasteiger charge is 2.12. The van der Waals surface area contributed by atoms with Gasteiger partial charge in [-0.05, 0) is 18.5 Å². The SMILES string of the molecule is COC(=O)CN(C)Cc1noc(-c2ccsc2)n1. The molecule has 0 fully saturated rings. The first-order valence-corrected chi connectivity index (χ1v) is 6.24. The summed E-state index contributed by atoms with van der Waals surface area (Å²) in [4.78, 5) is 17.1. The molecule has 0 spiro atoms. The van der Waals surface area contributed by atoms with Crippen LogP contribution >= 0.6 is 11.3 Å². The lowest BCUT2D eigenvalue weighted by molar-refractivity contribution is -0.141. The Balaban J connectivity index is 1.96. The Kier molecular flexibility index (Phi) is 4.06. The van der Waals surface area contributed by atoms with E-state index in [2.05, 4.69) is 14.9 Å². The molecule has 0 radical (unpaired) electrons. The molecule has 7 heteroatoms. The van der Waals surface area contributed by atoms with Gasteiger partial charge in [-0.25, -0.2) is 0 Å². The van der Waals surface area contributed by atoms with E-state index >= 15 is 0 Å². The van der Waals surface area contributed by atoms with Crippen LogP contribution in [0.2, 0.25) is 0 Å². The number of carbonyl (C=O) groups excluding carboxylic acids is 1. The van der Waals surface area contributed by atoms with Crippen molar-refractivity contribution in [2.75, 3.05) is 20.7 Å². The largest absolute Gasteiger partial charge is 0.468 e. The molecule has 0 aromatic carbocycles. The van der Waals surface area contributed by atoms with Crippen LogP contribution in [0.1, 0.15) is 5.82 Å². The molecule has 0 bridgehead atoms. The van der Waals surface area contributed by atoms with E-state index in [0.29, 0.717) is 18.3 Å². The predicted molar refractivity (Wildman–Crippen MR) is 66.0 cm³/mol. The summed E-state index contributed by atoms with van der Waals surface area (Å²) in [6, 6.07) is 1.92. The average Bonchev–Trinajstić information content (AvgIpc) is 2.98. The number of nitrogens with zero attached hydrogens (tertiary/aromatic N) is 3. The molecule has 2 aromatic heterocycles. The molecule has 6 nitrogen and oxygen atoms in total. The third kappa shape index (κ3) is 3.14. The van der Waals surface area contributed by atoms with Gasteiger partial charge < -0.3 is 9.26 Å². The van der Waals surface area contributed by atoms with Crippen LogP contribution in [-0.2, 0) is 16.1 Å². The highest BCUT2D eigenvalue weighted by Crippen LogP contribution is 2.19. The van der Waals surface area contributed by atoms with E-state index < -0.39 is 0 Å². The van der Waals surface area contributed by atoms with Crippen LogP contribution in [0.4, 0.5) is 0 Å². The van der Waals surface area contributed by atoms with E-state index in [9.17, 15) is 4.79 Å². The molecule has 0 N–H and O–H groups in total. The molecular formula is C11H13N3O3S. The summed E-state index contributed by atoms with van der Waals surface area (Å²) in [6.45, 7) is 0.627. The minimum absolute atomic E-state index is 0.193. The number of thiophene rings is 1. The first-order valence-electron chi connectivity index (χ1n) is 5.29. The van der Waals surface area contributed by atoms with E-state index in [-0.39, 0.29) is 12.5 Å². The highest BCUT2D eigenvalue weighted by molar-refractivity contribution is 7.08. The maximum Gasteiger partial charge on any atom is 0.319 e. The number of likely N-dealkylation sites (N-methyl/N-ethyl adjacent to an activating group) is 1. The predicted octanol–water partition coefficient (Wildman–Crippen LogP) is 1.40. The van der Waals surface area contributed by atoms with Crippen LogP contribution in [0.5, 0.6) is 0 Å². The monoisotopic (exact) mass is 267 g/mol. The van der Waals surface area contributed by atoms with Gasteiger partial charge in [-0.2, -0.15) is 16.3 Å². The molecule has 0 saturated carbocycles. The van der Waals surface area contributed by atoms with Gasteiger partial charge in [-0.1, -0.05) is 5.16 Å². The molecular weight excluding hydrogens is 254 g/mol. The Morgan fingerprint density at radius 1 is 1.61 bits per heavy atom.